The number of hydrogen-bond donors (Lipinski definition) is 1. The summed E-state index contributed by atoms with van der Waals surface area (Å²) in [6.07, 6.45) is -0.346. The van der Waals surface area contributed by atoms with Crippen LogP contribution in [-0.4, -0.2) is 23.8 Å². The van der Waals surface area contributed by atoms with Gasteiger partial charge in [0.05, 0.1) is 19.1 Å². The fraction of sp³-hybridized carbons (Fsp3) is 0.125. The molecule has 0 aliphatic heterocycles. The minimum absolute atomic E-state index is 0.0405. The van der Waals surface area contributed by atoms with E-state index >= 15 is 0 Å². The fourth-order valence-corrected chi connectivity index (χ4v) is 2.04. The summed E-state index contributed by atoms with van der Waals surface area (Å²) in [4.78, 5) is 24.2. The molecule has 0 atom stereocenters. The molecule has 5 heteroatoms. The standard InChI is InChI=1S/C16H13ClO4/c1-21-12-4-2-3-10(7-12)15(19)9-16(20)13-8-11(17)5-6-14(13)18/h2-8,18H,9H2,1H3. The first-order valence-corrected chi connectivity index (χ1v) is 6.58. The van der Waals surface area contributed by atoms with Crippen LogP contribution in [0.25, 0.3) is 0 Å². The van der Waals surface area contributed by atoms with Crippen molar-refractivity contribution in [3.63, 3.8) is 0 Å². The normalized spacial score (nSPS) is 10.2. The van der Waals surface area contributed by atoms with Gasteiger partial charge in [0.15, 0.2) is 11.6 Å². The van der Waals surface area contributed by atoms with Crippen LogP contribution in [0, 0.1) is 0 Å². The van der Waals surface area contributed by atoms with Crippen molar-refractivity contribution in [3.05, 3.63) is 58.6 Å². The highest BCUT2D eigenvalue weighted by Gasteiger charge is 2.17. The van der Waals surface area contributed by atoms with E-state index in [9.17, 15) is 14.7 Å². The molecule has 0 aliphatic rings. The SMILES string of the molecule is COc1cccc(C(=O)CC(=O)c2cc(Cl)ccc2O)c1. The van der Waals surface area contributed by atoms with Gasteiger partial charge in [0, 0.05) is 10.6 Å². The molecule has 1 N–H and O–H groups in total. The summed E-state index contributed by atoms with van der Waals surface area (Å²) in [6, 6.07) is 10.7. The number of hydrogen-bond acceptors (Lipinski definition) is 4. The molecule has 0 saturated heterocycles. The Morgan fingerprint density at radius 1 is 1.14 bits per heavy atom. The molecule has 4 nitrogen and oxygen atoms in total. The minimum atomic E-state index is -0.484. The number of benzene rings is 2. The highest BCUT2D eigenvalue weighted by Crippen LogP contribution is 2.23. The van der Waals surface area contributed by atoms with Crippen molar-refractivity contribution >= 4 is 23.2 Å². The number of methoxy groups -OCH3 is 1. The maximum absolute atomic E-state index is 12.1. The van der Waals surface area contributed by atoms with E-state index < -0.39 is 5.78 Å². The van der Waals surface area contributed by atoms with Crippen LogP contribution in [0.1, 0.15) is 27.1 Å². The summed E-state index contributed by atoms with van der Waals surface area (Å²) in [5.41, 5.74) is 0.419. The highest BCUT2D eigenvalue weighted by atomic mass is 35.5. The van der Waals surface area contributed by atoms with Crippen LogP contribution < -0.4 is 4.74 Å². The topological polar surface area (TPSA) is 63.6 Å². The van der Waals surface area contributed by atoms with Gasteiger partial charge < -0.3 is 9.84 Å². The summed E-state index contributed by atoms with van der Waals surface area (Å²) < 4.78 is 5.03. The van der Waals surface area contributed by atoms with Gasteiger partial charge in [0.2, 0.25) is 0 Å². The maximum atomic E-state index is 12.1. The number of phenolic OH excluding ortho intramolecular Hbond substituents is 1. The zero-order valence-corrected chi connectivity index (χ0v) is 12.1. The third kappa shape index (κ3) is 3.61. The van der Waals surface area contributed by atoms with E-state index in [0.29, 0.717) is 16.3 Å². The van der Waals surface area contributed by atoms with E-state index in [1.807, 2.05) is 0 Å². The second kappa shape index (κ2) is 6.41. The lowest BCUT2D eigenvalue weighted by Gasteiger charge is -2.05. The summed E-state index contributed by atoms with van der Waals surface area (Å²) >= 11 is 5.79. The summed E-state index contributed by atoms with van der Waals surface area (Å²) in [5.74, 6) is -0.483. The first kappa shape index (κ1) is 15.1. The molecular weight excluding hydrogens is 292 g/mol. The van der Waals surface area contributed by atoms with Gasteiger partial charge in [-0.3, -0.25) is 9.59 Å². The quantitative estimate of drug-likeness (QED) is 0.678. The Balaban J connectivity index is 2.18. The second-order valence-electron chi connectivity index (χ2n) is 4.42. The molecule has 0 fully saturated rings. The van der Waals surface area contributed by atoms with Crippen LogP contribution in [0.2, 0.25) is 5.02 Å². The third-order valence-electron chi connectivity index (χ3n) is 2.97. The monoisotopic (exact) mass is 304 g/mol. The van der Waals surface area contributed by atoms with Crippen molar-refractivity contribution in [2.75, 3.05) is 7.11 Å². The van der Waals surface area contributed by atoms with Gasteiger partial charge >= 0.3 is 0 Å². The van der Waals surface area contributed by atoms with Gasteiger partial charge in [-0.05, 0) is 30.3 Å². The van der Waals surface area contributed by atoms with E-state index in [2.05, 4.69) is 0 Å². The van der Waals surface area contributed by atoms with Crippen molar-refractivity contribution in [2.24, 2.45) is 0 Å². The van der Waals surface area contributed by atoms with Crippen LogP contribution in [0.5, 0.6) is 11.5 Å². The number of phenols is 1. The molecule has 0 heterocycles. The molecule has 2 rings (SSSR count). The lowest BCUT2D eigenvalue weighted by molar-refractivity contribution is 0.0893. The van der Waals surface area contributed by atoms with Gasteiger partial charge in [-0.1, -0.05) is 23.7 Å². The van der Waals surface area contributed by atoms with Crippen LogP contribution in [0.3, 0.4) is 0 Å². The Kier molecular flexibility index (Phi) is 4.60. The van der Waals surface area contributed by atoms with Crippen molar-refractivity contribution in [1.29, 1.82) is 0 Å². The fourth-order valence-electron chi connectivity index (χ4n) is 1.87. The summed E-state index contributed by atoms with van der Waals surface area (Å²) in [6.45, 7) is 0. The van der Waals surface area contributed by atoms with E-state index in [4.69, 9.17) is 16.3 Å². The van der Waals surface area contributed by atoms with Crippen molar-refractivity contribution in [3.8, 4) is 11.5 Å². The first-order chi connectivity index (χ1) is 10.0. The predicted octanol–water partition coefficient (Wildman–Crippen LogP) is 3.51. The molecule has 108 valence electrons. The Labute approximate surface area is 126 Å². The molecule has 0 saturated carbocycles. The Hall–Kier alpha value is -2.33. The molecule has 0 aromatic heterocycles. The molecule has 0 bridgehead atoms. The van der Waals surface area contributed by atoms with Gasteiger partial charge in [-0.15, -0.1) is 0 Å². The number of ether oxygens (including phenoxy) is 1. The minimum Gasteiger partial charge on any atom is -0.507 e. The zero-order chi connectivity index (χ0) is 15.4. The number of Topliss-reactive ketones (excluding diaryl/α,β-unsaturated/α-hetero) is 2. The van der Waals surface area contributed by atoms with Crippen LogP contribution in [0.4, 0.5) is 0 Å². The molecule has 21 heavy (non-hydrogen) atoms. The van der Waals surface area contributed by atoms with Crippen LogP contribution in [-0.2, 0) is 0 Å². The Morgan fingerprint density at radius 2 is 1.90 bits per heavy atom. The van der Waals surface area contributed by atoms with E-state index in [1.54, 1.807) is 24.3 Å². The molecular formula is C16H13ClO4. The lowest BCUT2D eigenvalue weighted by atomic mass is 10.0. The number of ketones is 2. The predicted molar refractivity (Wildman–Crippen MR) is 79.4 cm³/mol. The zero-order valence-electron chi connectivity index (χ0n) is 11.3. The molecule has 0 spiro atoms. The lowest BCUT2D eigenvalue weighted by Crippen LogP contribution is -2.09. The molecule has 0 unspecified atom stereocenters. The van der Waals surface area contributed by atoms with Gasteiger partial charge in [-0.2, -0.15) is 0 Å². The summed E-state index contributed by atoms with van der Waals surface area (Å²) in [7, 11) is 1.50. The number of rotatable bonds is 5. The summed E-state index contributed by atoms with van der Waals surface area (Å²) in [5, 5.41) is 9.98. The average Bonchev–Trinajstić information content (AvgIpc) is 2.49. The van der Waals surface area contributed by atoms with Gasteiger partial charge in [-0.25, -0.2) is 0 Å². The Bertz CT molecular complexity index is 694. The smallest absolute Gasteiger partial charge is 0.174 e. The number of halogens is 1. The van der Waals surface area contributed by atoms with Crippen LogP contribution in [0.15, 0.2) is 42.5 Å². The van der Waals surface area contributed by atoms with Crippen LogP contribution >= 0.6 is 11.6 Å². The molecule has 2 aromatic rings. The third-order valence-corrected chi connectivity index (χ3v) is 3.21. The average molecular weight is 305 g/mol. The van der Waals surface area contributed by atoms with Crippen molar-refractivity contribution in [1.82, 2.24) is 0 Å². The van der Waals surface area contributed by atoms with E-state index in [1.165, 1.54) is 25.3 Å². The van der Waals surface area contributed by atoms with Crippen molar-refractivity contribution < 1.29 is 19.4 Å². The van der Waals surface area contributed by atoms with Gasteiger partial charge in [0.25, 0.3) is 0 Å². The first-order valence-electron chi connectivity index (χ1n) is 6.20. The molecule has 0 aliphatic carbocycles. The maximum Gasteiger partial charge on any atom is 0.174 e. The van der Waals surface area contributed by atoms with E-state index in [-0.39, 0.29) is 23.5 Å². The molecule has 2 aromatic carbocycles. The Morgan fingerprint density at radius 3 is 2.62 bits per heavy atom. The molecule has 0 radical (unpaired) electrons. The highest BCUT2D eigenvalue weighted by molar-refractivity contribution is 6.31. The van der Waals surface area contributed by atoms with Crippen molar-refractivity contribution in [2.45, 2.75) is 6.42 Å². The second-order valence-corrected chi connectivity index (χ2v) is 4.85. The number of aromatic hydroxyl groups is 1. The largest absolute Gasteiger partial charge is 0.507 e. The van der Waals surface area contributed by atoms with Gasteiger partial charge in [0.1, 0.15) is 11.5 Å². The molecule has 0 amide bonds. The number of carbonyl (C=O) groups excluding carboxylic acids is 2. The van der Waals surface area contributed by atoms with E-state index in [0.717, 1.165) is 0 Å². The number of carbonyl (C=O) groups is 2.